The molecule has 47 heavy (non-hydrogen) atoms. The summed E-state index contributed by atoms with van der Waals surface area (Å²) in [5, 5.41) is 18.8. The van der Waals surface area contributed by atoms with Gasteiger partial charge in [0.2, 0.25) is 0 Å². The van der Waals surface area contributed by atoms with Gasteiger partial charge in [-0.25, -0.2) is 14.6 Å². The van der Waals surface area contributed by atoms with Crippen molar-refractivity contribution in [2.45, 2.75) is 70.5 Å². The van der Waals surface area contributed by atoms with Gasteiger partial charge < -0.3 is 15.1 Å². The number of imidazole rings is 1. The minimum absolute atomic E-state index is 0.353. The third-order valence-electron chi connectivity index (χ3n) is 8.10. The molecule has 3 aromatic heterocycles. The van der Waals surface area contributed by atoms with Gasteiger partial charge in [0.25, 0.3) is 0 Å². The van der Waals surface area contributed by atoms with E-state index in [0.29, 0.717) is 12.1 Å². The molecule has 17 heteroatoms. The fourth-order valence-corrected chi connectivity index (χ4v) is 5.53. The second-order valence-corrected chi connectivity index (χ2v) is 12.2. The maximum absolute atomic E-state index is 10.6. The Morgan fingerprint density at radius 1 is 0.936 bits per heavy atom. The molecule has 260 valence electrons. The Kier molecular flexibility index (Phi) is 11.4. The van der Waals surface area contributed by atoms with Crippen LogP contribution < -0.4 is 4.90 Å². The molecule has 2 N–H and O–H groups in total. The van der Waals surface area contributed by atoms with E-state index in [-0.39, 0.29) is 0 Å². The summed E-state index contributed by atoms with van der Waals surface area (Å²) in [5.74, 6) is -3.33. The maximum atomic E-state index is 10.6. The molecule has 2 aliphatic heterocycles. The third-order valence-corrected chi connectivity index (χ3v) is 8.10. The van der Waals surface area contributed by atoms with Crippen molar-refractivity contribution in [3.8, 4) is 0 Å². The molecule has 11 nitrogen and oxygen atoms in total. The highest BCUT2D eigenvalue weighted by Gasteiger charge is 2.39. The van der Waals surface area contributed by atoms with Crippen LogP contribution in [0.1, 0.15) is 62.9 Å². The summed E-state index contributed by atoms with van der Waals surface area (Å²) in [6.07, 6.45) is 1.78. The summed E-state index contributed by atoms with van der Waals surface area (Å²) in [5.41, 5.74) is 3.62. The zero-order valence-corrected chi connectivity index (χ0v) is 26.1. The number of aliphatic carboxylic acids is 2. The normalized spacial score (nSPS) is 19.3. The lowest BCUT2D eigenvalue weighted by Gasteiger charge is -2.40. The van der Waals surface area contributed by atoms with E-state index in [1.54, 1.807) is 0 Å². The minimum Gasteiger partial charge on any atom is -0.475 e. The molecule has 5 heterocycles. The van der Waals surface area contributed by atoms with Crippen LogP contribution in [0.2, 0.25) is 0 Å². The van der Waals surface area contributed by atoms with Gasteiger partial charge in [-0.15, -0.1) is 0 Å². The summed E-state index contributed by atoms with van der Waals surface area (Å²) in [7, 11) is 0. The Hall–Kier alpha value is -3.86. The molecule has 1 unspecified atom stereocenters. The number of nitrogens with zero attached hydrogens (tertiary/aromatic N) is 7. The summed E-state index contributed by atoms with van der Waals surface area (Å²) in [4.78, 5) is 30.8. The van der Waals surface area contributed by atoms with Gasteiger partial charge in [-0.3, -0.25) is 18.9 Å². The van der Waals surface area contributed by atoms with E-state index in [9.17, 15) is 26.3 Å². The highest BCUT2D eigenvalue weighted by molar-refractivity contribution is 5.73. The predicted molar refractivity (Wildman–Crippen MR) is 159 cm³/mol. The number of aromatic nitrogens is 4. The van der Waals surface area contributed by atoms with Crippen molar-refractivity contribution in [3.05, 3.63) is 48.0 Å². The Morgan fingerprint density at radius 3 is 2.09 bits per heavy atom. The van der Waals surface area contributed by atoms with Gasteiger partial charge in [-0.2, -0.15) is 31.4 Å². The molecule has 1 saturated carbocycles. The zero-order chi connectivity index (χ0) is 34.5. The topological polar surface area (TPSA) is 119 Å². The number of pyridine rings is 1. The van der Waals surface area contributed by atoms with E-state index in [1.165, 1.54) is 49.3 Å². The molecule has 0 spiro atoms. The highest BCUT2D eigenvalue weighted by Crippen LogP contribution is 2.35. The molecular formula is C30H39F6N7O4. The van der Waals surface area contributed by atoms with Crippen LogP contribution in [-0.4, -0.2) is 103 Å². The SMILES string of the molecule is CC(C)n1cc(CN2CCN(CC3CC3)C(c3cn4c(N5CCCC5)cccc4n3)C2)cn1.O=C(O)C(F)(F)F.O=C(O)C(F)(F)F. The van der Waals surface area contributed by atoms with Crippen LogP contribution in [0.4, 0.5) is 32.2 Å². The van der Waals surface area contributed by atoms with Crippen molar-refractivity contribution in [2.75, 3.05) is 44.2 Å². The lowest BCUT2D eigenvalue weighted by atomic mass is 10.1. The molecule has 3 aliphatic rings. The van der Waals surface area contributed by atoms with E-state index in [2.05, 4.69) is 73.3 Å². The van der Waals surface area contributed by atoms with Gasteiger partial charge in [0, 0.05) is 69.8 Å². The molecule has 0 radical (unpaired) electrons. The van der Waals surface area contributed by atoms with Crippen molar-refractivity contribution < 1.29 is 46.1 Å². The standard InChI is InChI=1S/C26H37N7.2C2HF3O2/c1-20(2)33-17-22(14-27-33)15-29-12-13-31(16-21-8-9-21)24(19-29)23-18-32-25(28-23)6-5-7-26(32)30-10-3-4-11-30;2*3-2(4,5)1(6)7/h5-7,14,17-18,20-21,24H,3-4,8-13,15-16,19H2,1-2H3;2*(H,6,7). The molecule has 6 rings (SSSR count). The number of carboxylic acid groups (broad SMARTS) is 2. The van der Waals surface area contributed by atoms with Gasteiger partial charge in [0.05, 0.1) is 17.9 Å². The number of hydrogen-bond acceptors (Lipinski definition) is 7. The first-order valence-corrected chi connectivity index (χ1v) is 15.4. The van der Waals surface area contributed by atoms with Crippen LogP contribution >= 0.6 is 0 Å². The smallest absolute Gasteiger partial charge is 0.475 e. The summed E-state index contributed by atoms with van der Waals surface area (Å²) in [6.45, 7) is 12.1. The van der Waals surface area contributed by atoms with Gasteiger partial charge in [-0.1, -0.05) is 6.07 Å². The van der Waals surface area contributed by atoms with Crippen LogP contribution in [0.3, 0.4) is 0 Å². The van der Waals surface area contributed by atoms with E-state index in [1.807, 2.05) is 6.20 Å². The number of carboxylic acids is 2. The predicted octanol–water partition coefficient (Wildman–Crippen LogP) is 5.25. The van der Waals surface area contributed by atoms with Crippen molar-refractivity contribution in [1.82, 2.24) is 29.0 Å². The number of carbonyl (C=O) groups is 2. The monoisotopic (exact) mass is 675 g/mol. The average Bonchev–Trinajstić information content (AvgIpc) is 3.36. The van der Waals surface area contributed by atoms with Crippen LogP contribution in [-0.2, 0) is 16.1 Å². The quantitative estimate of drug-likeness (QED) is 0.324. The van der Waals surface area contributed by atoms with E-state index in [0.717, 1.165) is 50.8 Å². The summed E-state index contributed by atoms with van der Waals surface area (Å²) in [6, 6.07) is 7.34. The van der Waals surface area contributed by atoms with E-state index >= 15 is 0 Å². The van der Waals surface area contributed by atoms with Crippen LogP contribution in [0.5, 0.6) is 0 Å². The van der Waals surface area contributed by atoms with Crippen molar-refractivity contribution in [2.24, 2.45) is 5.92 Å². The summed E-state index contributed by atoms with van der Waals surface area (Å²) < 4.78 is 67.9. The Morgan fingerprint density at radius 2 is 1.55 bits per heavy atom. The molecule has 2 saturated heterocycles. The molecular weight excluding hydrogens is 636 g/mol. The van der Waals surface area contributed by atoms with Crippen LogP contribution in [0.25, 0.3) is 5.65 Å². The highest BCUT2D eigenvalue weighted by atomic mass is 19.4. The van der Waals surface area contributed by atoms with Crippen molar-refractivity contribution in [1.29, 1.82) is 0 Å². The number of rotatable bonds is 7. The van der Waals surface area contributed by atoms with E-state index in [4.69, 9.17) is 24.8 Å². The number of piperazine rings is 1. The minimum atomic E-state index is -5.08. The maximum Gasteiger partial charge on any atom is 0.490 e. The Bertz CT molecular complexity index is 1470. The second kappa shape index (κ2) is 14.9. The van der Waals surface area contributed by atoms with Crippen LogP contribution in [0, 0.1) is 5.92 Å². The molecule has 3 fully saturated rings. The Balaban J connectivity index is 0.000000301. The van der Waals surface area contributed by atoms with Crippen LogP contribution in [0.15, 0.2) is 36.8 Å². The number of hydrogen-bond donors (Lipinski definition) is 2. The zero-order valence-electron chi connectivity index (χ0n) is 26.1. The third kappa shape index (κ3) is 10.1. The van der Waals surface area contributed by atoms with Gasteiger partial charge in [0.1, 0.15) is 11.5 Å². The van der Waals surface area contributed by atoms with Gasteiger partial charge in [-0.05, 0) is 57.6 Å². The second-order valence-electron chi connectivity index (χ2n) is 12.2. The Labute approximate surface area is 267 Å². The first-order chi connectivity index (χ1) is 22.0. The molecule has 1 atom stereocenters. The first kappa shape index (κ1) is 36.0. The van der Waals surface area contributed by atoms with Crippen molar-refractivity contribution in [3.63, 3.8) is 0 Å². The molecule has 0 bridgehead atoms. The number of anilines is 1. The lowest BCUT2D eigenvalue weighted by Crippen LogP contribution is -2.48. The lowest BCUT2D eigenvalue weighted by molar-refractivity contribution is -0.193. The molecule has 0 aromatic carbocycles. The molecule has 1 aliphatic carbocycles. The largest absolute Gasteiger partial charge is 0.490 e. The number of halogens is 6. The van der Waals surface area contributed by atoms with E-state index < -0.39 is 24.3 Å². The van der Waals surface area contributed by atoms with Gasteiger partial charge >= 0.3 is 24.3 Å². The fourth-order valence-electron chi connectivity index (χ4n) is 5.53. The average molecular weight is 676 g/mol. The summed E-state index contributed by atoms with van der Waals surface area (Å²) >= 11 is 0. The van der Waals surface area contributed by atoms with Crippen molar-refractivity contribution >= 4 is 23.4 Å². The van der Waals surface area contributed by atoms with Gasteiger partial charge in [0.15, 0.2) is 0 Å². The molecule has 0 amide bonds. The molecule has 3 aromatic rings. The fraction of sp³-hybridized carbons (Fsp3) is 0.600. The number of fused-ring (bicyclic) bond motifs is 1. The number of alkyl halides is 6. The first-order valence-electron chi connectivity index (χ1n) is 15.4.